The minimum Gasteiger partial charge on any atom is -0.320 e. The first-order chi connectivity index (χ1) is 8.49. The second-order valence-corrected chi connectivity index (χ2v) is 3.91. The van der Waals surface area contributed by atoms with Crippen molar-refractivity contribution in [2.24, 2.45) is 0 Å². The quantitative estimate of drug-likeness (QED) is 0.635. The lowest BCUT2D eigenvalue weighted by Gasteiger charge is -2.06. The molecule has 0 aliphatic carbocycles. The Morgan fingerprint density at radius 3 is 2.44 bits per heavy atom. The fourth-order valence-corrected chi connectivity index (χ4v) is 1.90. The lowest BCUT2D eigenvalue weighted by Crippen LogP contribution is -2.11. The predicted molar refractivity (Wildman–Crippen MR) is 61.3 cm³/mol. The van der Waals surface area contributed by atoms with E-state index in [1.165, 1.54) is 6.07 Å². The van der Waals surface area contributed by atoms with Crippen molar-refractivity contribution in [2.45, 2.75) is 19.3 Å². The molecule has 0 aromatic heterocycles. The van der Waals surface area contributed by atoms with Crippen molar-refractivity contribution in [3.63, 3.8) is 0 Å². The molecule has 0 atom stereocenters. The maximum absolute atomic E-state index is 11.4. The monoisotopic (exact) mass is 251 g/mol. The SMILES string of the molecule is O=C1CCCc2cc([N+](=O)[O-])cc([N+](=O)[O-])c2N1. The number of nitrogens with zero attached hydrogens (tertiary/aromatic N) is 2. The van der Waals surface area contributed by atoms with Gasteiger partial charge in [0.05, 0.1) is 15.9 Å². The number of aryl methyl sites for hydroxylation is 1. The number of carbonyl (C=O) groups excluding carboxylic acids is 1. The smallest absolute Gasteiger partial charge is 0.299 e. The van der Waals surface area contributed by atoms with Crippen molar-refractivity contribution in [3.05, 3.63) is 37.9 Å². The van der Waals surface area contributed by atoms with Crippen LogP contribution in [-0.2, 0) is 11.2 Å². The van der Waals surface area contributed by atoms with Gasteiger partial charge in [0.2, 0.25) is 5.91 Å². The summed E-state index contributed by atoms with van der Waals surface area (Å²) in [6.45, 7) is 0. The summed E-state index contributed by atoms with van der Waals surface area (Å²) < 4.78 is 0. The minimum absolute atomic E-state index is 0.0769. The lowest BCUT2D eigenvalue weighted by atomic mass is 10.1. The zero-order valence-corrected chi connectivity index (χ0v) is 9.21. The molecular formula is C10H9N3O5. The molecule has 94 valence electrons. The topological polar surface area (TPSA) is 115 Å². The van der Waals surface area contributed by atoms with E-state index in [-0.39, 0.29) is 23.7 Å². The van der Waals surface area contributed by atoms with Crippen LogP contribution >= 0.6 is 0 Å². The maximum atomic E-state index is 11.4. The van der Waals surface area contributed by atoms with Gasteiger partial charge in [0.1, 0.15) is 5.69 Å². The van der Waals surface area contributed by atoms with Gasteiger partial charge >= 0.3 is 0 Å². The van der Waals surface area contributed by atoms with Gasteiger partial charge in [0.15, 0.2) is 0 Å². The number of benzene rings is 1. The van der Waals surface area contributed by atoms with Gasteiger partial charge < -0.3 is 5.32 Å². The fourth-order valence-electron chi connectivity index (χ4n) is 1.90. The number of nitrogens with one attached hydrogen (secondary N) is 1. The number of hydrogen-bond donors (Lipinski definition) is 1. The van der Waals surface area contributed by atoms with Gasteiger partial charge in [-0.1, -0.05) is 0 Å². The molecule has 0 spiro atoms. The molecule has 1 amide bonds. The normalized spacial score (nSPS) is 14.3. The zero-order valence-electron chi connectivity index (χ0n) is 9.21. The molecule has 2 rings (SSSR count). The van der Waals surface area contributed by atoms with E-state index in [1.54, 1.807) is 0 Å². The highest BCUT2D eigenvalue weighted by Crippen LogP contribution is 2.35. The summed E-state index contributed by atoms with van der Waals surface area (Å²) in [4.78, 5) is 31.6. The fraction of sp³-hybridized carbons (Fsp3) is 0.300. The summed E-state index contributed by atoms with van der Waals surface area (Å²) in [6.07, 6.45) is 1.16. The molecule has 0 fully saturated rings. The second kappa shape index (κ2) is 4.40. The van der Waals surface area contributed by atoms with Gasteiger partial charge in [-0.3, -0.25) is 25.0 Å². The molecule has 0 radical (unpaired) electrons. The van der Waals surface area contributed by atoms with Crippen molar-refractivity contribution in [1.82, 2.24) is 0 Å². The molecule has 1 N–H and O–H groups in total. The number of hydrogen-bond acceptors (Lipinski definition) is 5. The van der Waals surface area contributed by atoms with E-state index in [4.69, 9.17) is 0 Å². The number of fused-ring (bicyclic) bond motifs is 1. The molecule has 0 saturated heterocycles. The largest absolute Gasteiger partial charge is 0.320 e. The lowest BCUT2D eigenvalue weighted by molar-refractivity contribution is -0.393. The van der Waals surface area contributed by atoms with Gasteiger partial charge in [-0.25, -0.2) is 0 Å². The van der Waals surface area contributed by atoms with E-state index in [0.29, 0.717) is 18.4 Å². The summed E-state index contributed by atoms with van der Waals surface area (Å²) in [5.74, 6) is -0.314. The van der Waals surface area contributed by atoms with Crippen LogP contribution in [0.1, 0.15) is 18.4 Å². The molecule has 0 saturated carbocycles. The number of nitro groups is 2. The molecule has 18 heavy (non-hydrogen) atoms. The van der Waals surface area contributed by atoms with Crippen molar-refractivity contribution in [2.75, 3.05) is 5.32 Å². The van der Waals surface area contributed by atoms with Crippen LogP contribution in [0.2, 0.25) is 0 Å². The summed E-state index contributed by atoms with van der Waals surface area (Å²) in [7, 11) is 0. The summed E-state index contributed by atoms with van der Waals surface area (Å²) in [6, 6.07) is 2.14. The Morgan fingerprint density at radius 2 is 1.83 bits per heavy atom. The minimum atomic E-state index is -0.725. The van der Waals surface area contributed by atoms with E-state index in [0.717, 1.165) is 6.07 Å². The molecule has 1 aliphatic heterocycles. The molecular weight excluding hydrogens is 242 g/mol. The zero-order chi connectivity index (χ0) is 13.3. The highest BCUT2D eigenvalue weighted by Gasteiger charge is 2.26. The van der Waals surface area contributed by atoms with Crippen LogP contribution in [0.3, 0.4) is 0 Å². The van der Waals surface area contributed by atoms with Crippen LogP contribution < -0.4 is 5.32 Å². The first-order valence-electron chi connectivity index (χ1n) is 5.24. The van der Waals surface area contributed by atoms with E-state index in [1.807, 2.05) is 0 Å². The Morgan fingerprint density at radius 1 is 1.11 bits per heavy atom. The van der Waals surface area contributed by atoms with Crippen LogP contribution in [-0.4, -0.2) is 15.8 Å². The van der Waals surface area contributed by atoms with Gasteiger partial charge in [-0.2, -0.15) is 0 Å². The number of non-ortho nitro benzene ring substituents is 1. The third-order valence-electron chi connectivity index (χ3n) is 2.71. The van der Waals surface area contributed by atoms with E-state index >= 15 is 0 Å². The number of carbonyl (C=O) groups is 1. The first kappa shape index (κ1) is 12.0. The predicted octanol–water partition coefficient (Wildman–Crippen LogP) is 1.78. The van der Waals surface area contributed by atoms with E-state index in [9.17, 15) is 25.0 Å². The second-order valence-electron chi connectivity index (χ2n) is 3.91. The molecule has 1 heterocycles. The first-order valence-corrected chi connectivity index (χ1v) is 5.24. The van der Waals surface area contributed by atoms with Crippen molar-refractivity contribution < 1.29 is 14.6 Å². The highest BCUT2D eigenvalue weighted by atomic mass is 16.6. The Balaban J connectivity index is 2.63. The van der Waals surface area contributed by atoms with Crippen LogP contribution in [0.4, 0.5) is 17.1 Å². The van der Waals surface area contributed by atoms with Gasteiger partial charge in [0, 0.05) is 12.5 Å². The third kappa shape index (κ3) is 2.12. The highest BCUT2D eigenvalue weighted by molar-refractivity contribution is 5.95. The summed E-state index contributed by atoms with van der Waals surface area (Å²) in [5, 5.41) is 24.0. The number of amides is 1. The van der Waals surface area contributed by atoms with Gasteiger partial charge in [0.25, 0.3) is 11.4 Å². The molecule has 0 unspecified atom stereocenters. The number of rotatable bonds is 2. The number of anilines is 1. The maximum Gasteiger partial charge on any atom is 0.299 e. The number of nitro benzene ring substituents is 2. The third-order valence-corrected chi connectivity index (χ3v) is 2.71. The molecule has 8 nitrogen and oxygen atoms in total. The average Bonchev–Trinajstić information content (AvgIpc) is 2.47. The Kier molecular flexibility index (Phi) is 2.92. The standard InChI is InChI=1S/C10H9N3O5/c14-9-3-1-2-6-4-7(12(15)16)5-8(13(17)18)10(6)11-9/h4-5H,1-3H2,(H,11,14). The molecule has 0 bridgehead atoms. The molecule has 1 aromatic carbocycles. The summed E-state index contributed by atoms with van der Waals surface area (Å²) in [5.41, 5.74) is -0.263. The van der Waals surface area contributed by atoms with E-state index in [2.05, 4.69) is 5.32 Å². The van der Waals surface area contributed by atoms with Gasteiger partial charge in [-0.15, -0.1) is 0 Å². The molecule has 1 aromatic rings. The Labute approximate surface area is 101 Å². The van der Waals surface area contributed by atoms with Crippen molar-refractivity contribution in [1.29, 1.82) is 0 Å². The molecule has 1 aliphatic rings. The van der Waals surface area contributed by atoms with Crippen LogP contribution in [0.5, 0.6) is 0 Å². The Bertz CT molecular complexity index is 555. The summed E-state index contributed by atoms with van der Waals surface area (Å²) >= 11 is 0. The average molecular weight is 251 g/mol. The van der Waals surface area contributed by atoms with Gasteiger partial charge in [-0.05, 0) is 18.4 Å². The van der Waals surface area contributed by atoms with Crippen molar-refractivity contribution >= 4 is 23.0 Å². The molecule has 8 heteroatoms. The Hall–Kier alpha value is -2.51. The van der Waals surface area contributed by atoms with Crippen LogP contribution in [0.15, 0.2) is 12.1 Å². The van der Waals surface area contributed by atoms with Crippen LogP contribution in [0, 0.1) is 20.2 Å². The van der Waals surface area contributed by atoms with Crippen LogP contribution in [0.25, 0.3) is 0 Å². The van der Waals surface area contributed by atoms with E-state index < -0.39 is 15.5 Å². The van der Waals surface area contributed by atoms with Crippen molar-refractivity contribution in [3.8, 4) is 0 Å².